The van der Waals surface area contributed by atoms with E-state index in [0.717, 1.165) is 13.2 Å². The predicted molar refractivity (Wildman–Crippen MR) is 95.0 cm³/mol. The molecule has 3 rings (SSSR count). The number of carbonyl (C=O) groups excluding carboxylic acids is 2. The highest BCUT2D eigenvalue weighted by Gasteiger charge is 2.43. The Kier molecular flexibility index (Phi) is 5.31. The zero-order chi connectivity index (χ0) is 20.5. The maximum Gasteiger partial charge on any atom is 0.416 e. The Morgan fingerprint density at radius 2 is 1.79 bits per heavy atom. The van der Waals surface area contributed by atoms with Gasteiger partial charge in [-0.3, -0.25) is 9.59 Å². The zero-order valence-electron chi connectivity index (χ0n) is 15.2. The van der Waals surface area contributed by atoms with Crippen LogP contribution in [0.1, 0.15) is 22.6 Å². The zero-order valence-corrected chi connectivity index (χ0v) is 15.2. The topological polar surface area (TPSA) is 64.6 Å². The second kappa shape index (κ2) is 7.53. The van der Waals surface area contributed by atoms with E-state index in [1.807, 2.05) is 0 Å². The van der Waals surface area contributed by atoms with Gasteiger partial charge in [-0.05, 0) is 41.8 Å². The molecule has 0 radical (unpaired) electrons. The summed E-state index contributed by atoms with van der Waals surface area (Å²) < 4.78 is 50.5. The summed E-state index contributed by atoms with van der Waals surface area (Å²) in [4.78, 5) is 25.1. The monoisotopic (exact) mass is 393 g/mol. The van der Waals surface area contributed by atoms with Crippen LogP contribution in [0.2, 0.25) is 0 Å². The third-order valence-corrected chi connectivity index (χ3v) is 4.85. The van der Waals surface area contributed by atoms with Gasteiger partial charge in [-0.25, -0.2) is 0 Å². The minimum absolute atomic E-state index is 0.0461. The van der Waals surface area contributed by atoms with Crippen LogP contribution in [0.5, 0.6) is 5.75 Å². The van der Waals surface area contributed by atoms with Gasteiger partial charge in [0.15, 0.2) is 0 Å². The van der Waals surface area contributed by atoms with E-state index in [9.17, 15) is 22.8 Å². The van der Waals surface area contributed by atoms with Crippen LogP contribution in [0.4, 0.5) is 18.9 Å². The Balaban J connectivity index is 2.15. The van der Waals surface area contributed by atoms with Crippen LogP contribution in [-0.2, 0) is 26.9 Å². The van der Waals surface area contributed by atoms with E-state index in [1.165, 1.54) is 19.2 Å². The largest absolute Gasteiger partial charge is 0.497 e. The lowest BCUT2D eigenvalue weighted by Crippen LogP contribution is -2.34. The van der Waals surface area contributed by atoms with Crippen molar-refractivity contribution < 1.29 is 32.2 Å². The normalized spacial score (nSPS) is 19.2. The number of methoxy groups -OCH3 is 2. The van der Waals surface area contributed by atoms with E-state index in [0.29, 0.717) is 11.3 Å². The number of nitrogens with one attached hydrogen (secondary N) is 1. The Labute approximate surface area is 159 Å². The molecular weight excluding hydrogens is 375 g/mol. The number of carbonyl (C=O) groups is 2. The molecule has 0 saturated heterocycles. The molecule has 0 aromatic heterocycles. The maximum atomic E-state index is 13.5. The lowest BCUT2D eigenvalue weighted by atomic mass is 9.81. The third-order valence-electron chi connectivity index (χ3n) is 4.85. The number of alkyl halides is 3. The summed E-state index contributed by atoms with van der Waals surface area (Å²) in [6.45, 7) is 0. The van der Waals surface area contributed by atoms with E-state index in [1.54, 1.807) is 24.3 Å². The fourth-order valence-corrected chi connectivity index (χ4v) is 3.48. The van der Waals surface area contributed by atoms with Crippen molar-refractivity contribution in [1.29, 1.82) is 0 Å². The Morgan fingerprint density at radius 1 is 1.11 bits per heavy atom. The average molecular weight is 393 g/mol. The van der Waals surface area contributed by atoms with Gasteiger partial charge >= 0.3 is 12.1 Å². The van der Waals surface area contributed by atoms with E-state index < -0.39 is 35.5 Å². The number of halogens is 3. The van der Waals surface area contributed by atoms with Gasteiger partial charge in [-0.2, -0.15) is 13.2 Å². The molecule has 2 atom stereocenters. The summed E-state index contributed by atoms with van der Waals surface area (Å²) in [6.07, 6.45) is -4.75. The molecule has 148 valence electrons. The first-order valence-corrected chi connectivity index (χ1v) is 8.48. The van der Waals surface area contributed by atoms with Crippen molar-refractivity contribution in [3.63, 3.8) is 0 Å². The van der Waals surface area contributed by atoms with Crippen molar-refractivity contribution >= 4 is 17.6 Å². The number of amides is 1. The minimum Gasteiger partial charge on any atom is -0.497 e. The van der Waals surface area contributed by atoms with Gasteiger partial charge in [-0.1, -0.05) is 18.2 Å². The number of ether oxygens (including phenoxy) is 2. The molecule has 28 heavy (non-hydrogen) atoms. The van der Waals surface area contributed by atoms with Crippen molar-refractivity contribution in [2.45, 2.75) is 18.5 Å². The summed E-state index contributed by atoms with van der Waals surface area (Å²) in [5, 5.41) is 2.46. The van der Waals surface area contributed by atoms with Crippen LogP contribution in [0.3, 0.4) is 0 Å². The van der Waals surface area contributed by atoms with Gasteiger partial charge in [0.1, 0.15) is 11.7 Å². The lowest BCUT2D eigenvalue weighted by Gasteiger charge is -2.23. The highest BCUT2D eigenvalue weighted by molar-refractivity contribution is 6.06. The van der Waals surface area contributed by atoms with Crippen LogP contribution < -0.4 is 10.1 Å². The molecule has 1 heterocycles. The highest BCUT2D eigenvalue weighted by Crippen LogP contribution is 2.42. The average Bonchev–Trinajstić information content (AvgIpc) is 2.82. The van der Waals surface area contributed by atoms with Crippen LogP contribution in [0.15, 0.2) is 42.5 Å². The Morgan fingerprint density at radius 3 is 2.36 bits per heavy atom. The summed E-state index contributed by atoms with van der Waals surface area (Å²) in [5.74, 6) is -3.08. The van der Waals surface area contributed by atoms with Gasteiger partial charge in [-0.15, -0.1) is 0 Å². The molecule has 0 bridgehead atoms. The SMILES string of the molecule is COC(=O)[C@H]1C(=O)Nc2cccc(C(F)(F)F)c2C[C@@H]1c1ccc(OC)cc1. The van der Waals surface area contributed by atoms with Crippen molar-refractivity contribution in [3.8, 4) is 5.75 Å². The molecule has 0 spiro atoms. The summed E-state index contributed by atoms with van der Waals surface area (Å²) in [7, 11) is 2.62. The van der Waals surface area contributed by atoms with Gasteiger partial charge in [0.25, 0.3) is 0 Å². The van der Waals surface area contributed by atoms with E-state index in [-0.39, 0.29) is 17.7 Å². The molecule has 0 aliphatic carbocycles. The molecule has 5 nitrogen and oxygen atoms in total. The molecule has 0 fully saturated rings. The molecule has 2 aromatic carbocycles. The molecule has 2 aromatic rings. The number of fused-ring (bicyclic) bond motifs is 1. The van der Waals surface area contributed by atoms with Crippen LogP contribution in [0, 0.1) is 5.92 Å². The quantitative estimate of drug-likeness (QED) is 0.637. The first-order chi connectivity index (χ1) is 13.3. The second-order valence-electron chi connectivity index (χ2n) is 6.40. The van der Waals surface area contributed by atoms with E-state index in [2.05, 4.69) is 5.32 Å². The summed E-state index contributed by atoms with van der Waals surface area (Å²) in [6, 6.07) is 10.1. The van der Waals surface area contributed by atoms with Crippen molar-refractivity contribution in [2.75, 3.05) is 19.5 Å². The molecular formula is C20H18F3NO4. The fraction of sp³-hybridized carbons (Fsp3) is 0.300. The molecule has 1 amide bonds. The molecule has 1 N–H and O–H groups in total. The lowest BCUT2D eigenvalue weighted by molar-refractivity contribution is -0.149. The summed E-state index contributed by atoms with van der Waals surface area (Å²) in [5.41, 5.74) is -0.314. The van der Waals surface area contributed by atoms with Gasteiger partial charge in [0.2, 0.25) is 5.91 Å². The second-order valence-corrected chi connectivity index (χ2v) is 6.40. The summed E-state index contributed by atoms with van der Waals surface area (Å²) >= 11 is 0. The molecule has 1 aliphatic heterocycles. The molecule has 8 heteroatoms. The molecule has 1 aliphatic rings. The Hall–Kier alpha value is -3.03. The number of hydrogen-bond acceptors (Lipinski definition) is 4. The van der Waals surface area contributed by atoms with Crippen molar-refractivity contribution in [1.82, 2.24) is 0 Å². The maximum absolute atomic E-state index is 13.5. The number of esters is 1. The number of benzene rings is 2. The predicted octanol–water partition coefficient (Wildman–Crippen LogP) is 3.78. The van der Waals surface area contributed by atoms with Crippen molar-refractivity contribution in [2.24, 2.45) is 5.92 Å². The van der Waals surface area contributed by atoms with Crippen LogP contribution in [0.25, 0.3) is 0 Å². The first kappa shape index (κ1) is 19.7. The number of rotatable bonds is 3. The first-order valence-electron chi connectivity index (χ1n) is 8.48. The third kappa shape index (κ3) is 3.67. The van der Waals surface area contributed by atoms with Crippen LogP contribution >= 0.6 is 0 Å². The van der Waals surface area contributed by atoms with Gasteiger partial charge in [0.05, 0.1) is 19.8 Å². The van der Waals surface area contributed by atoms with Gasteiger partial charge < -0.3 is 14.8 Å². The fourth-order valence-electron chi connectivity index (χ4n) is 3.48. The minimum atomic E-state index is -4.59. The highest BCUT2D eigenvalue weighted by atomic mass is 19.4. The van der Waals surface area contributed by atoms with E-state index >= 15 is 0 Å². The van der Waals surface area contributed by atoms with Crippen LogP contribution in [-0.4, -0.2) is 26.1 Å². The van der Waals surface area contributed by atoms with Gasteiger partial charge in [0, 0.05) is 11.6 Å². The molecule has 0 saturated carbocycles. The van der Waals surface area contributed by atoms with Crippen molar-refractivity contribution in [3.05, 3.63) is 59.2 Å². The standard InChI is InChI=1S/C20H18F3NO4/c1-27-12-8-6-11(7-9-12)13-10-14-15(20(21,22)23)4-3-5-16(14)24-18(25)17(13)19(26)28-2/h3-9,13,17H,10H2,1-2H3,(H,24,25)/t13-,17-/m1/s1. The number of hydrogen-bond donors (Lipinski definition) is 1. The molecule has 0 unspecified atom stereocenters. The van der Waals surface area contributed by atoms with E-state index in [4.69, 9.17) is 9.47 Å². The smallest absolute Gasteiger partial charge is 0.416 e. The Bertz CT molecular complexity index is 893. The number of anilines is 1.